The number of aryl methyl sites for hydroxylation is 1. The molecule has 0 atom stereocenters. The van der Waals surface area contributed by atoms with Crippen LogP contribution in [0.15, 0.2) is 57.7 Å². The van der Waals surface area contributed by atoms with Gasteiger partial charge in [0.15, 0.2) is 5.76 Å². The van der Waals surface area contributed by atoms with E-state index >= 15 is 0 Å². The number of hydrogen-bond donors (Lipinski definition) is 0. The Hall–Kier alpha value is -3.32. The standard InChI is InChI=1S/C21H18ClN3O4/c1-13-19-16(12-17(18-7-4-9-28-18)23-20(19)29-24-13)21(26)25(2)8-10-27-15-6-3-5-14(22)11-15/h3-7,9,11-12H,8,10H2,1-2H3. The van der Waals surface area contributed by atoms with Crippen molar-refractivity contribution >= 4 is 28.6 Å². The van der Waals surface area contributed by atoms with E-state index in [9.17, 15) is 4.79 Å². The summed E-state index contributed by atoms with van der Waals surface area (Å²) in [6, 6.07) is 12.4. The van der Waals surface area contributed by atoms with Gasteiger partial charge in [0, 0.05) is 12.1 Å². The summed E-state index contributed by atoms with van der Waals surface area (Å²) in [5.41, 5.74) is 1.85. The lowest BCUT2D eigenvalue weighted by Gasteiger charge is -2.18. The predicted octanol–water partition coefficient (Wildman–Crippen LogP) is 4.60. The maximum atomic E-state index is 13.1. The highest BCUT2D eigenvalue weighted by Crippen LogP contribution is 2.28. The molecule has 0 bridgehead atoms. The number of pyridine rings is 1. The molecule has 148 valence electrons. The second kappa shape index (κ2) is 7.97. The van der Waals surface area contributed by atoms with Crippen molar-refractivity contribution in [3.8, 4) is 17.2 Å². The number of carbonyl (C=O) groups excluding carboxylic acids is 1. The molecular weight excluding hydrogens is 394 g/mol. The van der Waals surface area contributed by atoms with Crippen molar-refractivity contribution in [2.45, 2.75) is 6.92 Å². The Morgan fingerprint density at radius 3 is 2.86 bits per heavy atom. The van der Waals surface area contributed by atoms with Crippen LogP contribution in [0.3, 0.4) is 0 Å². The lowest BCUT2D eigenvalue weighted by molar-refractivity contribution is 0.0775. The number of aromatic nitrogens is 2. The number of furan rings is 1. The molecule has 0 aliphatic rings. The quantitative estimate of drug-likeness (QED) is 0.461. The fourth-order valence-corrected chi connectivity index (χ4v) is 3.16. The minimum Gasteiger partial charge on any atom is -0.492 e. The molecule has 0 spiro atoms. The number of rotatable bonds is 6. The number of amides is 1. The SMILES string of the molecule is Cc1noc2nc(-c3ccco3)cc(C(=O)N(C)CCOc3cccc(Cl)c3)c12. The van der Waals surface area contributed by atoms with Crippen LogP contribution in [0.5, 0.6) is 5.75 Å². The molecule has 1 aromatic carbocycles. The van der Waals surface area contributed by atoms with Crippen LogP contribution in [-0.2, 0) is 0 Å². The summed E-state index contributed by atoms with van der Waals surface area (Å²) in [5, 5.41) is 5.14. The highest BCUT2D eigenvalue weighted by Gasteiger charge is 2.22. The van der Waals surface area contributed by atoms with E-state index in [2.05, 4.69) is 10.1 Å². The molecule has 0 aliphatic heterocycles. The molecule has 0 N–H and O–H groups in total. The van der Waals surface area contributed by atoms with Crippen LogP contribution in [0.1, 0.15) is 16.1 Å². The van der Waals surface area contributed by atoms with Gasteiger partial charge in [-0.1, -0.05) is 22.8 Å². The average Bonchev–Trinajstić information content (AvgIpc) is 3.37. The molecule has 29 heavy (non-hydrogen) atoms. The van der Waals surface area contributed by atoms with Crippen molar-refractivity contribution in [1.29, 1.82) is 0 Å². The average molecular weight is 412 g/mol. The molecule has 0 aliphatic carbocycles. The molecule has 4 aromatic rings. The van der Waals surface area contributed by atoms with Crippen molar-refractivity contribution in [2.24, 2.45) is 0 Å². The summed E-state index contributed by atoms with van der Waals surface area (Å²) in [5.74, 6) is 1.01. The van der Waals surface area contributed by atoms with Crippen LogP contribution in [0.25, 0.3) is 22.6 Å². The van der Waals surface area contributed by atoms with Crippen LogP contribution in [0, 0.1) is 6.92 Å². The number of ether oxygens (including phenoxy) is 1. The maximum Gasteiger partial charge on any atom is 0.259 e. The second-order valence-corrected chi connectivity index (χ2v) is 6.95. The van der Waals surface area contributed by atoms with Crippen molar-refractivity contribution in [3.63, 3.8) is 0 Å². The van der Waals surface area contributed by atoms with Gasteiger partial charge in [0.25, 0.3) is 11.6 Å². The van der Waals surface area contributed by atoms with Gasteiger partial charge in [0.1, 0.15) is 18.1 Å². The van der Waals surface area contributed by atoms with Crippen LogP contribution in [0.4, 0.5) is 0 Å². The predicted molar refractivity (Wildman–Crippen MR) is 108 cm³/mol. The van der Waals surface area contributed by atoms with E-state index in [-0.39, 0.29) is 5.91 Å². The van der Waals surface area contributed by atoms with Gasteiger partial charge in [-0.05, 0) is 43.3 Å². The molecule has 3 aromatic heterocycles. The zero-order valence-electron chi connectivity index (χ0n) is 15.9. The normalized spacial score (nSPS) is 11.0. The Balaban J connectivity index is 1.56. The molecule has 0 saturated carbocycles. The summed E-state index contributed by atoms with van der Waals surface area (Å²) >= 11 is 5.96. The first-order chi connectivity index (χ1) is 14.0. The molecule has 0 fully saturated rings. The van der Waals surface area contributed by atoms with Crippen molar-refractivity contribution in [1.82, 2.24) is 15.0 Å². The molecule has 7 nitrogen and oxygen atoms in total. The Labute approximate surface area is 171 Å². The number of halogens is 1. The maximum absolute atomic E-state index is 13.1. The Morgan fingerprint density at radius 1 is 1.24 bits per heavy atom. The van der Waals surface area contributed by atoms with Crippen molar-refractivity contribution < 1.29 is 18.5 Å². The number of carbonyl (C=O) groups is 1. The molecule has 3 heterocycles. The van der Waals surface area contributed by atoms with Crippen LogP contribution in [0.2, 0.25) is 5.02 Å². The zero-order valence-corrected chi connectivity index (χ0v) is 16.6. The van der Waals surface area contributed by atoms with Gasteiger partial charge in [0.2, 0.25) is 0 Å². The molecule has 0 unspecified atom stereocenters. The van der Waals surface area contributed by atoms with Gasteiger partial charge in [0.05, 0.1) is 29.5 Å². The van der Waals surface area contributed by atoms with Gasteiger partial charge < -0.3 is 18.6 Å². The number of nitrogens with zero attached hydrogens (tertiary/aromatic N) is 3. The van der Waals surface area contributed by atoms with E-state index < -0.39 is 0 Å². The highest BCUT2D eigenvalue weighted by molar-refractivity contribution is 6.30. The largest absolute Gasteiger partial charge is 0.492 e. The molecule has 4 rings (SSSR count). The Morgan fingerprint density at radius 2 is 2.10 bits per heavy atom. The third kappa shape index (κ3) is 3.95. The van der Waals surface area contributed by atoms with Crippen molar-refractivity contribution in [2.75, 3.05) is 20.2 Å². The summed E-state index contributed by atoms with van der Waals surface area (Å²) in [6.07, 6.45) is 1.55. The van der Waals surface area contributed by atoms with Gasteiger partial charge >= 0.3 is 0 Å². The molecule has 0 radical (unpaired) electrons. The van der Waals surface area contributed by atoms with Gasteiger partial charge in [-0.3, -0.25) is 4.79 Å². The van der Waals surface area contributed by atoms with Crippen LogP contribution in [-0.4, -0.2) is 41.1 Å². The topological polar surface area (TPSA) is 81.6 Å². The lowest BCUT2D eigenvalue weighted by atomic mass is 10.1. The Kier molecular flexibility index (Phi) is 5.22. The minimum atomic E-state index is -0.189. The van der Waals surface area contributed by atoms with Crippen LogP contribution >= 0.6 is 11.6 Å². The second-order valence-electron chi connectivity index (χ2n) is 6.51. The summed E-state index contributed by atoms with van der Waals surface area (Å²) in [6.45, 7) is 2.49. The van der Waals surface area contributed by atoms with E-state index in [1.807, 2.05) is 12.1 Å². The van der Waals surface area contributed by atoms with E-state index in [4.69, 9.17) is 25.3 Å². The Bertz CT molecular complexity index is 1150. The third-order valence-electron chi connectivity index (χ3n) is 4.46. The van der Waals surface area contributed by atoms with Crippen molar-refractivity contribution in [3.05, 3.63) is 65.0 Å². The van der Waals surface area contributed by atoms with E-state index in [1.165, 1.54) is 0 Å². The van der Waals surface area contributed by atoms with Gasteiger partial charge in [-0.25, -0.2) is 4.98 Å². The van der Waals surface area contributed by atoms with E-state index in [1.54, 1.807) is 55.5 Å². The number of hydrogen-bond acceptors (Lipinski definition) is 6. The fraction of sp³-hybridized carbons (Fsp3) is 0.190. The lowest BCUT2D eigenvalue weighted by Crippen LogP contribution is -2.31. The summed E-state index contributed by atoms with van der Waals surface area (Å²) in [4.78, 5) is 19.1. The molecular formula is C21H18ClN3O4. The fourth-order valence-electron chi connectivity index (χ4n) is 2.98. The van der Waals surface area contributed by atoms with Crippen LogP contribution < -0.4 is 4.74 Å². The monoisotopic (exact) mass is 411 g/mol. The summed E-state index contributed by atoms with van der Waals surface area (Å²) in [7, 11) is 1.71. The smallest absolute Gasteiger partial charge is 0.259 e. The minimum absolute atomic E-state index is 0.189. The first-order valence-electron chi connectivity index (χ1n) is 8.97. The summed E-state index contributed by atoms with van der Waals surface area (Å²) < 4.78 is 16.4. The number of likely N-dealkylation sites (N-methyl/N-ethyl adjacent to an activating group) is 1. The van der Waals surface area contributed by atoms with E-state index in [0.29, 0.717) is 57.7 Å². The third-order valence-corrected chi connectivity index (χ3v) is 4.69. The first-order valence-corrected chi connectivity index (χ1v) is 9.35. The molecule has 1 amide bonds. The zero-order chi connectivity index (χ0) is 20.4. The highest BCUT2D eigenvalue weighted by atomic mass is 35.5. The van der Waals surface area contributed by atoms with Gasteiger partial charge in [-0.2, -0.15) is 0 Å². The number of benzene rings is 1. The van der Waals surface area contributed by atoms with Gasteiger partial charge in [-0.15, -0.1) is 0 Å². The molecule has 0 saturated heterocycles. The first kappa shape index (κ1) is 19.0. The van der Waals surface area contributed by atoms with E-state index in [0.717, 1.165) is 0 Å². The number of fused-ring (bicyclic) bond motifs is 1. The molecule has 8 heteroatoms.